The van der Waals surface area contributed by atoms with Gasteiger partial charge in [-0.2, -0.15) is 30.4 Å². The molecule has 0 bridgehead atoms. The van der Waals surface area contributed by atoms with Crippen LogP contribution >= 0.6 is 0 Å². The summed E-state index contributed by atoms with van der Waals surface area (Å²) < 4.78 is 93.0. The van der Waals surface area contributed by atoms with Gasteiger partial charge in [-0.05, 0) is 18.4 Å². The zero-order valence-corrected chi connectivity index (χ0v) is 11.5. The van der Waals surface area contributed by atoms with Crippen LogP contribution in [-0.2, 0) is 10.1 Å². The van der Waals surface area contributed by atoms with E-state index in [-0.39, 0.29) is 5.56 Å². The smallest absolute Gasteiger partial charge is 0.285 e. The summed E-state index contributed by atoms with van der Waals surface area (Å²) >= 11 is 0. The van der Waals surface area contributed by atoms with E-state index in [1.54, 1.807) is 6.07 Å². The van der Waals surface area contributed by atoms with Gasteiger partial charge in [-0.1, -0.05) is 30.3 Å². The van der Waals surface area contributed by atoms with Crippen LogP contribution in [0.3, 0.4) is 0 Å². The molecule has 0 saturated heterocycles. The topological polar surface area (TPSA) is 54.4 Å². The van der Waals surface area contributed by atoms with Crippen molar-refractivity contribution in [2.24, 2.45) is 0 Å². The maximum absolute atomic E-state index is 12.7. The summed E-state index contributed by atoms with van der Waals surface area (Å²) in [7, 11) is -4.60. The highest BCUT2D eigenvalue weighted by atomic mass is 32.2. The van der Waals surface area contributed by atoms with Gasteiger partial charge in [0.05, 0.1) is 0 Å². The van der Waals surface area contributed by atoms with Crippen molar-refractivity contribution in [3.8, 4) is 0 Å². The number of alkyl halides is 5. The average Bonchev–Trinajstić information content (AvgIpc) is 2.32. The van der Waals surface area contributed by atoms with Crippen LogP contribution in [0.1, 0.15) is 30.1 Å². The van der Waals surface area contributed by atoms with Gasteiger partial charge in [0.1, 0.15) is 5.25 Å². The molecule has 0 aliphatic carbocycles. The second-order valence-electron chi connectivity index (χ2n) is 4.51. The van der Waals surface area contributed by atoms with Crippen LogP contribution in [-0.4, -0.2) is 25.1 Å². The molecule has 0 spiro atoms. The Kier molecular flexibility index (Phi) is 5.32. The highest BCUT2D eigenvalue weighted by Gasteiger charge is 2.56. The van der Waals surface area contributed by atoms with Crippen LogP contribution in [0.4, 0.5) is 22.0 Å². The molecule has 1 rings (SSSR count). The maximum Gasteiger partial charge on any atom is 0.453 e. The van der Waals surface area contributed by atoms with E-state index in [0.29, 0.717) is 0 Å². The Morgan fingerprint density at radius 3 is 2.00 bits per heavy atom. The molecule has 1 atom stereocenters. The van der Waals surface area contributed by atoms with E-state index in [4.69, 9.17) is 4.55 Å². The van der Waals surface area contributed by atoms with E-state index < -0.39 is 46.7 Å². The number of rotatable bonds is 6. The fraction of sp³-hybridized carbons (Fsp3) is 0.500. The van der Waals surface area contributed by atoms with Crippen LogP contribution < -0.4 is 0 Å². The summed E-state index contributed by atoms with van der Waals surface area (Å²) in [6, 6.07) is 7.21. The Balaban J connectivity index is 2.78. The molecule has 0 aliphatic heterocycles. The van der Waals surface area contributed by atoms with Crippen molar-refractivity contribution in [3.05, 3.63) is 35.9 Å². The van der Waals surface area contributed by atoms with E-state index in [2.05, 4.69) is 0 Å². The molecule has 120 valence electrons. The van der Waals surface area contributed by atoms with Crippen LogP contribution in [0.2, 0.25) is 0 Å². The molecule has 0 fully saturated rings. The van der Waals surface area contributed by atoms with Crippen molar-refractivity contribution in [1.29, 1.82) is 0 Å². The number of halogens is 5. The minimum Gasteiger partial charge on any atom is -0.285 e. The zero-order chi connectivity index (χ0) is 16.3. The van der Waals surface area contributed by atoms with Gasteiger partial charge in [0.2, 0.25) is 0 Å². The third kappa shape index (κ3) is 4.92. The lowest BCUT2D eigenvalue weighted by atomic mass is 10.0. The fourth-order valence-electron chi connectivity index (χ4n) is 1.81. The fourth-order valence-corrected chi connectivity index (χ4v) is 2.77. The molecule has 1 N–H and O–H groups in total. The Bertz CT molecular complexity index is 554. The van der Waals surface area contributed by atoms with Gasteiger partial charge in [0, 0.05) is 6.42 Å². The molecule has 1 aromatic carbocycles. The summed E-state index contributed by atoms with van der Waals surface area (Å²) in [6.07, 6.45) is -8.44. The van der Waals surface area contributed by atoms with E-state index in [0.717, 1.165) is 0 Å². The van der Waals surface area contributed by atoms with Gasteiger partial charge < -0.3 is 0 Å². The van der Waals surface area contributed by atoms with Gasteiger partial charge in [0.15, 0.2) is 0 Å². The summed E-state index contributed by atoms with van der Waals surface area (Å²) in [6.45, 7) is 0. The normalized spacial score (nSPS) is 15.0. The first kappa shape index (κ1) is 17.8. The van der Waals surface area contributed by atoms with Crippen molar-refractivity contribution in [1.82, 2.24) is 0 Å². The molecule has 0 saturated carbocycles. The lowest BCUT2D eigenvalue weighted by Crippen LogP contribution is -2.36. The SMILES string of the molecule is O=S(=O)(O)C(CCCC(F)(F)C(F)(F)F)c1ccccc1. The van der Waals surface area contributed by atoms with Crippen LogP contribution in [0.25, 0.3) is 0 Å². The summed E-state index contributed by atoms with van der Waals surface area (Å²) in [4.78, 5) is 0. The molecule has 21 heavy (non-hydrogen) atoms. The minimum absolute atomic E-state index is 0.135. The lowest BCUT2D eigenvalue weighted by Gasteiger charge is -2.20. The first-order chi connectivity index (χ1) is 9.45. The summed E-state index contributed by atoms with van der Waals surface area (Å²) in [5.41, 5.74) is 0.135. The quantitative estimate of drug-likeness (QED) is 0.633. The van der Waals surface area contributed by atoms with Crippen LogP contribution in [0.15, 0.2) is 30.3 Å². The lowest BCUT2D eigenvalue weighted by molar-refractivity contribution is -0.284. The highest BCUT2D eigenvalue weighted by molar-refractivity contribution is 7.86. The number of benzene rings is 1. The second-order valence-corrected chi connectivity index (χ2v) is 6.11. The molecule has 0 radical (unpaired) electrons. The number of hydrogen-bond acceptors (Lipinski definition) is 2. The van der Waals surface area contributed by atoms with Crippen molar-refractivity contribution < 1.29 is 34.9 Å². The van der Waals surface area contributed by atoms with Crippen molar-refractivity contribution in [3.63, 3.8) is 0 Å². The maximum atomic E-state index is 12.7. The monoisotopic (exact) mass is 332 g/mol. The molecular weight excluding hydrogens is 319 g/mol. The Morgan fingerprint density at radius 1 is 1.05 bits per heavy atom. The molecule has 0 aromatic heterocycles. The minimum atomic E-state index is -5.67. The molecule has 1 unspecified atom stereocenters. The zero-order valence-electron chi connectivity index (χ0n) is 10.6. The first-order valence-corrected chi connectivity index (χ1v) is 7.41. The van der Waals surface area contributed by atoms with E-state index in [1.165, 1.54) is 24.3 Å². The molecule has 0 heterocycles. The second kappa shape index (κ2) is 6.27. The van der Waals surface area contributed by atoms with Crippen LogP contribution in [0.5, 0.6) is 0 Å². The van der Waals surface area contributed by atoms with Crippen molar-refractivity contribution >= 4 is 10.1 Å². The van der Waals surface area contributed by atoms with E-state index in [9.17, 15) is 30.4 Å². The van der Waals surface area contributed by atoms with Crippen LogP contribution in [0, 0.1) is 0 Å². The predicted molar refractivity (Wildman–Crippen MR) is 65.6 cm³/mol. The summed E-state index contributed by atoms with van der Waals surface area (Å²) in [5, 5.41) is -1.53. The van der Waals surface area contributed by atoms with E-state index >= 15 is 0 Å². The Labute approximate surface area is 118 Å². The van der Waals surface area contributed by atoms with Gasteiger partial charge >= 0.3 is 12.1 Å². The van der Waals surface area contributed by atoms with Gasteiger partial charge in [-0.3, -0.25) is 4.55 Å². The molecule has 0 aliphatic rings. The molecule has 9 heteroatoms. The van der Waals surface area contributed by atoms with Gasteiger partial charge in [-0.15, -0.1) is 0 Å². The van der Waals surface area contributed by atoms with Crippen molar-refractivity contribution in [2.45, 2.75) is 36.6 Å². The molecule has 0 amide bonds. The molecular formula is C12H13F5O3S. The number of hydrogen-bond donors (Lipinski definition) is 1. The third-order valence-electron chi connectivity index (χ3n) is 2.90. The largest absolute Gasteiger partial charge is 0.453 e. The standard InChI is InChI=1S/C12H13F5O3S/c13-11(14,12(15,16)17)8-4-7-10(21(18,19)20)9-5-2-1-3-6-9/h1-3,5-6,10H,4,7-8H2,(H,18,19,20). The van der Waals surface area contributed by atoms with Gasteiger partial charge in [0.25, 0.3) is 10.1 Å². The Morgan fingerprint density at radius 2 is 1.57 bits per heavy atom. The highest BCUT2D eigenvalue weighted by Crippen LogP contribution is 2.40. The third-order valence-corrected chi connectivity index (χ3v) is 4.13. The average molecular weight is 332 g/mol. The van der Waals surface area contributed by atoms with Crippen molar-refractivity contribution in [2.75, 3.05) is 0 Å². The first-order valence-electron chi connectivity index (χ1n) is 5.91. The molecule has 3 nitrogen and oxygen atoms in total. The van der Waals surface area contributed by atoms with Gasteiger partial charge in [-0.25, -0.2) is 0 Å². The predicted octanol–water partition coefficient (Wildman–Crippen LogP) is 3.98. The summed E-state index contributed by atoms with van der Waals surface area (Å²) in [5.74, 6) is -4.88. The van der Waals surface area contributed by atoms with E-state index in [1.807, 2.05) is 0 Å². The molecule has 1 aromatic rings. The Hall–Kier alpha value is -1.22.